The number of hydrogen-bond donors (Lipinski definition) is 1. The van der Waals surface area contributed by atoms with Crippen LogP contribution in [0.25, 0.3) is 0 Å². The number of sulfone groups is 1. The highest BCUT2D eigenvalue weighted by Crippen LogP contribution is 2.31. The molecular formula is C18H27NO4S. The van der Waals surface area contributed by atoms with E-state index in [0.717, 1.165) is 32.1 Å². The first-order valence-corrected chi connectivity index (χ1v) is 10.0. The van der Waals surface area contributed by atoms with Crippen LogP contribution in [-0.4, -0.2) is 25.5 Å². The van der Waals surface area contributed by atoms with Crippen molar-refractivity contribution in [2.75, 3.05) is 0 Å². The van der Waals surface area contributed by atoms with Crippen molar-refractivity contribution in [1.29, 1.82) is 0 Å². The first-order chi connectivity index (χ1) is 11.2. The number of hydrogen-bond acceptors (Lipinski definition) is 4. The van der Waals surface area contributed by atoms with E-state index in [1.54, 1.807) is 51.1 Å². The van der Waals surface area contributed by atoms with Crippen molar-refractivity contribution in [3.63, 3.8) is 0 Å². The number of ether oxygens (including phenoxy) is 1. The summed E-state index contributed by atoms with van der Waals surface area (Å²) in [5, 5.41) is 1.68. The Hall–Kier alpha value is -1.56. The minimum absolute atomic E-state index is 0.0866. The van der Waals surface area contributed by atoms with Crippen molar-refractivity contribution in [2.24, 2.45) is 5.92 Å². The molecular weight excluding hydrogens is 326 g/mol. The highest BCUT2D eigenvalue weighted by molar-refractivity contribution is 7.92. The molecule has 5 nitrogen and oxygen atoms in total. The Bertz CT molecular complexity index is 643. The molecule has 6 heteroatoms. The summed E-state index contributed by atoms with van der Waals surface area (Å²) in [6, 6.07) is 8.30. The zero-order chi connectivity index (χ0) is 17.8. The van der Waals surface area contributed by atoms with Gasteiger partial charge in [-0.05, 0) is 51.7 Å². The van der Waals surface area contributed by atoms with Crippen molar-refractivity contribution in [3.8, 4) is 0 Å². The van der Waals surface area contributed by atoms with Gasteiger partial charge in [0.2, 0.25) is 0 Å². The van der Waals surface area contributed by atoms with Gasteiger partial charge < -0.3 is 10.1 Å². The number of carbonyl (C=O) groups is 1. The highest BCUT2D eigenvalue weighted by Gasteiger charge is 2.37. The van der Waals surface area contributed by atoms with Crippen LogP contribution < -0.4 is 5.32 Å². The van der Waals surface area contributed by atoms with Crippen LogP contribution in [0.15, 0.2) is 35.2 Å². The van der Waals surface area contributed by atoms with Crippen LogP contribution in [0.4, 0.5) is 4.79 Å². The summed E-state index contributed by atoms with van der Waals surface area (Å²) < 4.78 is 31.4. The highest BCUT2D eigenvalue weighted by atomic mass is 32.2. The smallest absolute Gasteiger partial charge is 0.408 e. The van der Waals surface area contributed by atoms with Crippen molar-refractivity contribution in [3.05, 3.63) is 30.3 Å². The molecule has 0 unspecified atom stereocenters. The molecule has 0 spiro atoms. The third kappa shape index (κ3) is 4.97. The van der Waals surface area contributed by atoms with Crippen molar-refractivity contribution in [1.82, 2.24) is 5.32 Å². The molecule has 1 aromatic carbocycles. The van der Waals surface area contributed by atoms with Gasteiger partial charge in [0.15, 0.2) is 9.84 Å². The number of amides is 1. The average Bonchev–Trinajstić information content (AvgIpc) is 2.52. The standard InChI is InChI=1S/C18H27NO4S/c1-18(2,3)23-17(20)19-16(14-10-6-4-7-11-14)24(21,22)15-12-8-5-9-13-15/h5,8-9,12-14,16H,4,6-7,10-11H2,1-3H3,(H,19,20)/t16-/m0/s1. The Morgan fingerprint density at radius 2 is 1.71 bits per heavy atom. The van der Waals surface area contributed by atoms with Gasteiger partial charge >= 0.3 is 6.09 Å². The molecule has 1 fully saturated rings. The number of alkyl carbamates (subject to hydrolysis) is 1. The molecule has 0 aliphatic heterocycles. The molecule has 1 atom stereocenters. The van der Waals surface area contributed by atoms with Crippen LogP contribution in [0.5, 0.6) is 0 Å². The molecule has 1 amide bonds. The molecule has 134 valence electrons. The molecule has 1 aliphatic carbocycles. The molecule has 1 aromatic rings. The largest absolute Gasteiger partial charge is 0.444 e. The third-order valence-electron chi connectivity index (χ3n) is 4.14. The number of benzene rings is 1. The number of nitrogens with one attached hydrogen (secondary N) is 1. The van der Waals surface area contributed by atoms with Crippen LogP contribution in [0.1, 0.15) is 52.9 Å². The summed E-state index contributed by atoms with van der Waals surface area (Å²) >= 11 is 0. The fraction of sp³-hybridized carbons (Fsp3) is 0.611. The van der Waals surface area contributed by atoms with E-state index in [9.17, 15) is 13.2 Å². The fourth-order valence-electron chi connectivity index (χ4n) is 3.07. The number of rotatable bonds is 4. The van der Waals surface area contributed by atoms with Crippen LogP contribution >= 0.6 is 0 Å². The summed E-state index contributed by atoms with van der Waals surface area (Å²) in [6.07, 6.45) is 4.00. The molecule has 0 bridgehead atoms. The Kier molecular flexibility index (Phi) is 5.91. The lowest BCUT2D eigenvalue weighted by atomic mass is 9.89. The lowest BCUT2D eigenvalue weighted by Gasteiger charge is -2.31. The van der Waals surface area contributed by atoms with Gasteiger partial charge in [0.05, 0.1) is 4.90 Å². The maximum Gasteiger partial charge on any atom is 0.408 e. The van der Waals surface area contributed by atoms with Crippen LogP contribution in [0.2, 0.25) is 0 Å². The van der Waals surface area contributed by atoms with Crippen LogP contribution in [-0.2, 0) is 14.6 Å². The lowest BCUT2D eigenvalue weighted by molar-refractivity contribution is 0.0502. The minimum atomic E-state index is -3.66. The van der Waals surface area contributed by atoms with E-state index in [1.165, 1.54) is 0 Å². The van der Waals surface area contributed by atoms with E-state index in [0.29, 0.717) is 0 Å². The van der Waals surface area contributed by atoms with Gasteiger partial charge in [-0.15, -0.1) is 0 Å². The molecule has 0 heterocycles. The predicted octanol–water partition coefficient (Wildman–Crippen LogP) is 3.89. The van der Waals surface area contributed by atoms with Gasteiger partial charge in [-0.25, -0.2) is 13.2 Å². The zero-order valence-electron chi connectivity index (χ0n) is 14.6. The minimum Gasteiger partial charge on any atom is -0.444 e. The van der Waals surface area contributed by atoms with Crippen molar-refractivity contribution < 1.29 is 17.9 Å². The number of carbonyl (C=O) groups excluding carboxylic acids is 1. The first-order valence-electron chi connectivity index (χ1n) is 8.48. The van der Waals surface area contributed by atoms with Crippen LogP contribution in [0.3, 0.4) is 0 Å². The van der Waals surface area contributed by atoms with Gasteiger partial charge in [-0.1, -0.05) is 37.5 Å². The second-order valence-electron chi connectivity index (χ2n) is 7.32. The maximum absolute atomic E-state index is 13.1. The molecule has 1 saturated carbocycles. The van der Waals surface area contributed by atoms with Gasteiger partial charge in [0.25, 0.3) is 0 Å². The van der Waals surface area contributed by atoms with E-state index >= 15 is 0 Å². The van der Waals surface area contributed by atoms with E-state index in [2.05, 4.69) is 5.32 Å². The van der Waals surface area contributed by atoms with Gasteiger partial charge in [-0.3, -0.25) is 0 Å². The van der Waals surface area contributed by atoms with E-state index in [-0.39, 0.29) is 10.8 Å². The van der Waals surface area contributed by atoms with Crippen LogP contribution in [0, 0.1) is 5.92 Å². The summed E-state index contributed by atoms with van der Waals surface area (Å²) in [5.41, 5.74) is -0.669. The fourth-order valence-corrected chi connectivity index (χ4v) is 4.93. The predicted molar refractivity (Wildman–Crippen MR) is 93.4 cm³/mol. The summed E-state index contributed by atoms with van der Waals surface area (Å²) in [4.78, 5) is 12.4. The second kappa shape index (κ2) is 7.55. The Morgan fingerprint density at radius 1 is 1.12 bits per heavy atom. The second-order valence-corrected chi connectivity index (χ2v) is 9.39. The zero-order valence-corrected chi connectivity index (χ0v) is 15.4. The summed E-state index contributed by atoms with van der Waals surface area (Å²) in [7, 11) is -3.66. The molecule has 0 saturated heterocycles. The third-order valence-corrected chi connectivity index (χ3v) is 6.24. The molecule has 0 aromatic heterocycles. The van der Waals surface area contributed by atoms with Crippen molar-refractivity contribution >= 4 is 15.9 Å². The monoisotopic (exact) mass is 353 g/mol. The average molecular weight is 353 g/mol. The molecule has 0 radical (unpaired) electrons. The lowest BCUT2D eigenvalue weighted by Crippen LogP contribution is -2.48. The van der Waals surface area contributed by atoms with Gasteiger partial charge in [0.1, 0.15) is 11.0 Å². The van der Waals surface area contributed by atoms with Crippen molar-refractivity contribution in [2.45, 2.75) is 68.7 Å². The van der Waals surface area contributed by atoms with E-state index in [4.69, 9.17) is 4.74 Å². The molecule has 1 N–H and O–H groups in total. The SMILES string of the molecule is CC(C)(C)OC(=O)N[C@H](C1CCCCC1)S(=O)(=O)c1ccccc1. The maximum atomic E-state index is 13.1. The van der Waals surface area contributed by atoms with E-state index in [1.807, 2.05) is 0 Å². The Balaban J connectivity index is 2.27. The molecule has 24 heavy (non-hydrogen) atoms. The van der Waals surface area contributed by atoms with Gasteiger partial charge in [-0.2, -0.15) is 0 Å². The molecule has 2 rings (SSSR count). The Morgan fingerprint density at radius 3 is 2.25 bits per heavy atom. The first kappa shape index (κ1) is 18.8. The van der Waals surface area contributed by atoms with E-state index < -0.39 is 26.9 Å². The molecule has 1 aliphatic rings. The summed E-state index contributed by atoms with van der Waals surface area (Å²) in [6.45, 7) is 5.27. The normalized spacial score (nSPS) is 18.0. The quantitative estimate of drug-likeness (QED) is 0.891. The van der Waals surface area contributed by atoms with Gasteiger partial charge in [0, 0.05) is 0 Å². The Labute approximate surface area is 144 Å². The topological polar surface area (TPSA) is 72.5 Å². The summed E-state index contributed by atoms with van der Waals surface area (Å²) in [5.74, 6) is -0.0866.